The lowest BCUT2D eigenvalue weighted by Crippen LogP contribution is -2.36. The molecule has 0 aromatic heterocycles. The number of thioether (sulfide) groups is 1. The fraction of sp³-hybridized carbons (Fsp3) is 0.207. The number of imide groups is 1. The molecule has 1 saturated heterocycles. The molecule has 0 bridgehead atoms. The zero-order valence-corrected chi connectivity index (χ0v) is 24.7. The van der Waals surface area contributed by atoms with Crippen molar-refractivity contribution in [3.63, 3.8) is 0 Å². The molecule has 42 heavy (non-hydrogen) atoms. The summed E-state index contributed by atoms with van der Waals surface area (Å²) >= 11 is 4.12. The van der Waals surface area contributed by atoms with Crippen LogP contribution in [0.4, 0.5) is 23.7 Å². The number of halogens is 4. The molecule has 0 unspecified atom stereocenters. The topological polar surface area (TPSA) is 94.2 Å². The summed E-state index contributed by atoms with van der Waals surface area (Å²) in [5.41, 5.74) is 0.241. The zero-order valence-electron chi connectivity index (χ0n) is 22.3. The van der Waals surface area contributed by atoms with Crippen molar-refractivity contribution in [2.24, 2.45) is 0 Å². The Balaban J connectivity index is 1.50. The maximum Gasteiger partial charge on any atom is 0.416 e. The molecule has 0 radical (unpaired) electrons. The van der Waals surface area contributed by atoms with Crippen LogP contribution in [-0.2, 0) is 22.4 Å². The Morgan fingerprint density at radius 2 is 1.79 bits per heavy atom. The average Bonchev–Trinajstić information content (AvgIpc) is 3.20. The summed E-state index contributed by atoms with van der Waals surface area (Å²) in [6.07, 6.45) is -3.17. The van der Waals surface area contributed by atoms with Gasteiger partial charge in [-0.2, -0.15) is 13.2 Å². The van der Waals surface area contributed by atoms with E-state index < -0.39 is 35.3 Å². The zero-order chi connectivity index (χ0) is 30.4. The van der Waals surface area contributed by atoms with Crippen molar-refractivity contribution in [3.05, 3.63) is 86.7 Å². The van der Waals surface area contributed by atoms with Crippen LogP contribution in [0.2, 0.25) is 0 Å². The maximum absolute atomic E-state index is 13.1. The van der Waals surface area contributed by atoms with Gasteiger partial charge in [-0.05, 0) is 82.2 Å². The molecular formula is C29H24BrF3N2O6S. The largest absolute Gasteiger partial charge is 0.495 e. The van der Waals surface area contributed by atoms with Gasteiger partial charge in [0.2, 0.25) is 5.91 Å². The van der Waals surface area contributed by atoms with Crippen LogP contribution in [0, 0.1) is 0 Å². The highest BCUT2D eigenvalue weighted by Crippen LogP contribution is 2.40. The van der Waals surface area contributed by atoms with Crippen LogP contribution in [0.1, 0.15) is 23.6 Å². The minimum absolute atomic E-state index is 0.0164. The summed E-state index contributed by atoms with van der Waals surface area (Å²) in [5.74, 6) is -0.736. The van der Waals surface area contributed by atoms with E-state index >= 15 is 0 Å². The van der Waals surface area contributed by atoms with E-state index in [0.717, 1.165) is 17.7 Å². The van der Waals surface area contributed by atoms with Crippen molar-refractivity contribution in [2.45, 2.75) is 19.7 Å². The SMILES string of the molecule is CCOc1cc(/C=C2\SC(=O)N(CC(=O)Nc3cc(C(F)(F)F)ccc3OC)C2=O)cc(Br)c1OCc1ccccc1. The van der Waals surface area contributed by atoms with Gasteiger partial charge >= 0.3 is 6.18 Å². The molecule has 0 saturated carbocycles. The van der Waals surface area contributed by atoms with Crippen LogP contribution < -0.4 is 19.5 Å². The number of methoxy groups -OCH3 is 1. The van der Waals surface area contributed by atoms with E-state index in [0.29, 0.717) is 57.5 Å². The van der Waals surface area contributed by atoms with Gasteiger partial charge in [-0.25, -0.2) is 0 Å². The van der Waals surface area contributed by atoms with E-state index in [1.807, 2.05) is 37.3 Å². The number of amides is 3. The molecule has 3 aromatic rings. The minimum atomic E-state index is -4.65. The quantitative estimate of drug-likeness (QED) is 0.231. The normalized spacial score (nSPS) is 14.3. The average molecular weight is 665 g/mol. The number of carbonyl (C=O) groups excluding carboxylic acids is 3. The fourth-order valence-electron chi connectivity index (χ4n) is 3.91. The van der Waals surface area contributed by atoms with Crippen molar-refractivity contribution in [1.29, 1.82) is 0 Å². The standard InChI is InChI=1S/C29H24BrF3N2O6S/c1-3-40-23-12-18(11-20(30)26(23)41-16-17-7-5-4-6-8-17)13-24-27(37)35(28(38)42-24)15-25(36)34-21-14-19(29(31,32)33)9-10-22(21)39-2/h4-14H,3,15-16H2,1-2H3,(H,34,36)/b24-13-. The van der Waals surface area contributed by atoms with Crippen LogP contribution >= 0.6 is 27.7 Å². The van der Waals surface area contributed by atoms with E-state index in [1.54, 1.807) is 12.1 Å². The molecule has 4 rings (SSSR count). The number of benzene rings is 3. The third kappa shape index (κ3) is 7.45. The first kappa shape index (κ1) is 31.0. The van der Waals surface area contributed by atoms with Crippen LogP contribution in [0.5, 0.6) is 17.2 Å². The second kappa shape index (κ2) is 13.3. The predicted molar refractivity (Wildman–Crippen MR) is 155 cm³/mol. The van der Waals surface area contributed by atoms with Crippen molar-refractivity contribution in [2.75, 3.05) is 25.6 Å². The molecule has 0 spiro atoms. The summed E-state index contributed by atoms with van der Waals surface area (Å²) in [6, 6.07) is 15.5. The molecule has 1 N–H and O–H groups in total. The fourth-order valence-corrected chi connectivity index (χ4v) is 5.32. The molecule has 1 aliphatic rings. The number of anilines is 1. The number of nitrogens with one attached hydrogen (secondary N) is 1. The van der Waals surface area contributed by atoms with E-state index in [9.17, 15) is 27.6 Å². The Kier molecular flexibility index (Phi) is 9.84. The number of rotatable bonds is 10. The van der Waals surface area contributed by atoms with Crippen molar-refractivity contribution < 1.29 is 41.8 Å². The highest BCUT2D eigenvalue weighted by Gasteiger charge is 2.37. The third-order valence-electron chi connectivity index (χ3n) is 5.83. The number of ether oxygens (including phenoxy) is 3. The Bertz CT molecular complexity index is 1530. The summed E-state index contributed by atoms with van der Waals surface area (Å²) in [7, 11) is 1.23. The van der Waals surface area contributed by atoms with Crippen molar-refractivity contribution >= 4 is 56.5 Å². The predicted octanol–water partition coefficient (Wildman–Crippen LogP) is 7.13. The van der Waals surface area contributed by atoms with E-state index in [1.165, 1.54) is 13.2 Å². The highest BCUT2D eigenvalue weighted by atomic mass is 79.9. The number of hydrogen-bond donors (Lipinski definition) is 1. The molecule has 8 nitrogen and oxygen atoms in total. The first-order chi connectivity index (χ1) is 20.0. The molecule has 3 aromatic carbocycles. The maximum atomic E-state index is 13.1. The van der Waals surface area contributed by atoms with Crippen molar-refractivity contribution in [3.8, 4) is 17.2 Å². The second-order valence-electron chi connectivity index (χ2n) is 8.77. The lowest BCUT2D eigenvalue weighted by atomic mass is 10.1. The van der Waals surface area contributed by atoms with Crippen molar-refractivity contribution in [1.82, 2.24) is 4.90 Å². The van der Waals surface area contributed by atoms with Crippen LogP contribution in [0.25, 0.3) is 6.08 Å². The van der Waals surface area contributed by atoms with E-state index in [2.05, 4.69) is 21.2 Å². The van der Waals surface area contributed by atoms with Gasteiger partial charge in [0.25, 0.3) is 11.1 Å². The Morgan fingerprint density at radius 1 is 1.05 bits per heavy atom. The van der Waals surface area contributed by atoms with Gasteiger partial charge in [0.1, 0.15) is 18.9 Å². The lowest BCUT2D eigenvalue weighted by Gasteiger charge is -2.16. The number of hydrogen-bond acceptors (Lipinski definition) is 7. The van der Waals surface area contributed by atoms with Gasteiger partial charge in [-0.15, -0.1) is 0 Å². The molecule has 3 amide bonds. The second-order valence-corrected chi connectivity index (χ2v) is 10.6. The van der Waals surface area contributed by atoms with Crippen LogP contribution in [0.15, 0.2) is 70.0 Å². The molecule has 1 aliphatic heterocycles. The number of alkyl halides is 3. The van der Waals surface area contributed by atoms with Crippen LogP contribution in [-0.4, -0.2) is 42.2 Å². The molecule has 13 heteroatoms. The highest BCUT2D eigenvalue weighted by molar-refractivity contribution is 9.10. The van der Waals surface area contributed by atoms with E-state index in [4.69, 9.17) is 14.2 Å². The Morgan fingerprint density at radius 3 is 2.45 bits per heavy atom. The molecule has 220 valence electrons. The third-order valence-corrected chi connectivity index (χ3v) is 7.33. The van der Waals surface area contributed by atoms with Gasteiger partial charge in [-0.1, -0.05) is 30.3 Å². The number of nitrogens with zero attached hydrogens (tertiary/aromatic N) is 1. The van der Waals surface area contributed by atoms with Gasteiger partial charge in [0, 0.05) is 0 Å². The molecule has 0 aliphatic carbocycles. The smallest absolute Gasteiger partial charge is 0.416 e. The van der Waals surface area contributed by atoms with Gasteiger partial charge in [0.05, 0.1) is 34.3 Å². The first-order valence-corrected chi connectivity index (χ1v) is 14.0. The van der Waals surface area contributed by atoms with Gasteiger partial charge < -0.3 is 19.5 Å². The molecule has 0 atom stereocenters. The first-order valence-electron chi connectivity index (χ1n) is 12.4. The molecule has 1 heterocycles. The van der Waals surface area contributed by atoms with Gasteiger partial charge in [0.15, 0.2) is 11.5 Å². The molecular weight excluding hydrogens is 641 g/mol. The Labute approximate surface area is 251 Å². The minimum Gasteiger partial charge on any atom is -0.495 e. The van der Waals surface area contributed by atoms with E-state index in [-0.39, 0.29) is 16.3 Å². The van der Waals surface area contributed by atoms with Crippen LogP contribution in [0.3, 0.4) is 0 Å². The monoisotopic (exact) mass is 664 g/mol. The lowest BCUT2D eigenvalue weighted by molar-refractivity contribution is -0.137. The Hall–Kier alpha value is -3.97. The molecule has 1 fully saturated rings. The summed E-state index contributed by atoms with van der Waals surface area (Å²) < 4.78 is 56.7. The summed E-state index contributed by atoms with van der Waals surface area (Å²) in [5, 5.41) is 1.59. The summed E-state index contributed by atoms with van der Waals surface area (Å²) in [4.78, 5) is 39.1. The van der Waals surface area contributed by atoms with Gasteiger partial charge in [-0.3, -0.25) is 19.3 Å². The number of carbonyl (C=O) groups is 3. The summed E-state index contributed by atoms with van der Waals surface area (Å²) in [6.45, 7) is 1.75.